The largest absolute Gasteiger partial charge is 0.494 e. The highest BCUT2D eigenvalue weighted by atomic mass is 16.5. The summed E-state index contributed by atoms with van der Waals surface area (Å²) in [4.78, 5) is 12.2. The molecule has 1 amide bonds. The maximum Gasteiger partial charge on any atom is 0.251 e. The third-order valence-electron chi connectivity index (χ3n) is 3.67. The molecule has 1 atom stereocenters. The van der Waals surface area contributed by atoms with Gasteiger partial charge in [0.15, 0.2) is 0 Å². The van der Waals surface area contributed by atoms with Crippen molar-refractivity contribution < 1.29 is 9.53 Å². The van der Waals surface area contributed by atoms with Gasteiger partial charge in [0.25, 0.3) is 5.91 Å². The molecular weight excluding hydrogens is 252 g/mol. The second kappa shape index (κ2) is 6.75. The lowest BCUT2D eigenvalue weighted by molar-refractivity contribution is 0.0913. The second-order valence-electron chi connectivity index (χ2n) is 5.67. The zero-order valence-electron chi connectivity index (χ0n) is 12.4. The van der Waals surface area contributed by atoms with Crippen molar-refractivity contribution >= 4 is 5.91 Å². The van der Waals surface area contributed by atoms with Gasteiger partial charge in [-0.05, 0) is 50.6 Å². The number of nitrogens with one attached hydrogen (secondary N) is 2. The Morgan fingerprint density at radius 1 is 1.40 bits per heavy atom. The highest BCUT2D eigenvalue weighted by molar-refractivity contribution is 5.94. The van der Waals surface area contributed by atoms with Crippen LogP contribution in [0, 0.1) is 0 Å². The van der Waals surface area contributed by atoms with E-state index < -0.39 is 0 Å². The van der Waals surface area contributed by atoms with E-state index in [0.29, 0.717) is 5.56 Å². The van der Waals surface area contributed by atoms with Crippen LogP contribution in [0.2, 0.25) is 0 Å². The van der Waals surface area contributed by atoms with Crippen LogP contribution >= 0.6 is 0 Å². The van der Waals surface area contributed by atoms with Crippen molar-refractivity contribution in [2.24, 2.45) is 0 Å². The van der Waals surface area contributed by atoms with E-state index in [1.807, 2.05) is 24.3 Å². The zero-order chi connectivity index (χ0) is 14.4. The maximum absolute atomic E-state index is 12.2. The van der Waals surface area contributed by atoms with E-state index >= 15 is 0 Å². The van der Waals surface area contributed by atoms with E-state index in [1.165, 1.54) is 0 Å². The van der Waals surface area contributed by atoms with Gasteiger partial charge in [-0.15, -0.1) is 0 Å². The fourth-order valence-corrected chi connectivity index (χ4v) is 2.31. The minimum Gasteiger partial charge on any atom is -0.494 e. The lowest BCUT2D eigenvalue weighted by Gasteiger charge is -2.24. The highest BCUT2D eigenvalue weighted by Crippen LogP contribution is 2.16. The first-order valence-corrected chi connectivity index (χ1v) is 7.39. The van der Waals surface area contributed by atoms with Crippen molar-refractivity contribution in [2.75, 3.05) is 19.7 Å². The molecule has 0 saturated carbocycles. The predicted octanol–water partition coefficient (Wildman–Crippen LogP) is 2.35. The van der Waals surface area contributed by atoms with Crippen molar-refractivity contribution in [3.05, 3.63) is 29.8 Å². The minimum atomic E-state index is -0.132. The Kier molecular flexibility index (Phi) is 5.01. The molecule has 2 N–H and O–H groups in total. The maximum atomic E-state index is 12.2. The summed E-state index contributed by atoms with van der Waals surface area (Å²) in [5.74, 6) is 0.806. The number of carbonyl (C=O) groups is 1. The van der Waals surface area contributed by atoms with Gasteiger partial charge in [0.05, 0.1) is 12.1 Å². The molecular formula is C16H24N2O2. The first-order valence-electron chi connectivity index (χ1n) is 7.39. The van der Waals surface area contributed by atoms with Crippen molar-refractivity contribution in [1.29, 1.82) is 0 Å². The van der Waals surface area contributed by atoms with Crippen molar-refractivity contribution in [3.63, 3.8) is 0 Å². The number of amides is 1. The summed E-state index contributed by atoms with van der Waals surface area (Å²) in [6.45, 7) is 6.73. The predicted molar refractivity (Wildman–Crippen MR) is 80.2 cm³/mol. The average molecular weight is 276 g/mol. The molecule has 1 aromatic rings. The number of hydrogen-bond donors (Lipinski definition) is 2. The molecule has 110 valence electrons. The Morgan fingerprint density at radius 2 is 2.15 bits per heavy atom. The molecule has 1 heterocycles. The molecule has 0 spiro atoms. The Balaban J connectivity index is 1.90. The monoisotopic (exact) mass is 276 g/mol. The van der Waals surface area contributed by atoms with Crippen LogP contribution in [0.25, 0.3) is 0 Å². The third-order valence-corrected chi connectivity index (χ3v) is 3.67. The van der Waals surface area contributed by atoms with E-state index in [9.17, 15) is 4.79 Å². The topological polar surface area (TPSA) is 50.4 Å². The van der Waals surface area contributed by atoms with E-state index in [4.69, 9.17) is 4.74 Å². The van der Waals surface area contributed by atoms with E-state index in [1.54, 1.807) is 0 Å². The van der Waals surface area contributed by atoms with Crippen LogP contribution in [0.1, 0.15) is 43.5 Å². The van der Waals surface area contributed by atoms with Crippen LogP contribution < -0.4 is 15.4 Å². The summed E-state index contributed by atoms with van der Waals surface area (Å²) < 4.78 is 5.59. The highest BCUT2D eigenvalue weighted by Gasteiger charge is 2.30. The SMILES string of the molecule is CCCCOc1ccc(C(=O)NC2(C)CCNC2)cc1. The lowest BCUT2D eigenvalue weighted by atomic mass is 10.0. The van der Waals surface area contributed by atoms with Crippen LogP contribution in [-0.2, 0) is 0 Å². The zero-order valence-corrected chi connectivity index (χ0v) is 12.4. The van der Waals surface area contributed by atoms with Gasteiger partial charge in [0.2, 0.25) is 0 Å². The molecule has 1 saturated heterocycles. The van der Waals surface area contributed by atoms with Gasteiger partial charge in [0.1, 0.15) is 5.75 Å². The molecule has 1 unspecified atom stereocenters. The molecule has 20 heavy (non-hydrogen) atoms. The average Bonchev–Trinajstić information content (AvgIpc) is 2.86. The van der Waals surface area contributed by atoms with Crippen molar-refractivity contribution in [3.8, 4) is 5.75 Å². The Bertz CT molecular complexity index is 436. The van der Waals surface area contributed by atoms with Crippen LogP contribution in [0.15, 0.2) is 24.3 Å². The number of ether oxygens (including phenoxy) is 1. The minimum absolute atomic E-state index is 0.0173. The molecule has 2 rings (SSSR count). The number of carbonyl (C=O) groups excluding carboxylic acids is 1. The van der Waals surface area contributed by atoms with Gasteiger partial charge in [-0.2, -0.15) is 0 Å². The van der Waals surface area contributed by atoms with Gasteiger partial charge >= 0.3 is 0 Å². The van der Waals surface area contributed by atoms with Crippen molar-refractivity contribution in [1.82, 2.24) is 10.6 Å². The summed E-state index contributed by atoms with van der Waals surface area (Å²) in [7, 11) is 0. The summed E-state index contributed by atoms with van der Waals surface area (Å²) in [6.07, 6.45) is 3.14. The van der Waals surface area contributed by atoms with Gasteiger partial charge in [-0.3, -0.25) is 4.79 Å². The molecule has 1 aromatic carbocycles. The summed E-state index contributed by atoms with van der Waals surface area (Å²) in [5, 5.41) is 6.37. The first-order chi connectivity index (χ1) is 9.63. The fourth-order valence-electron chi connectivity index (χ4n) is 2.31. The summed E-state index contributed by atoms with van der Waals surface area (Å²) >= 11 is 0. The van der Waals surface area contributed by atoms with Gasteiger partial charge in [0, 0.05) is 12.1 Å². The number of rotatable bonds is 6. The van der Waals surface area contributed by atoms with Gasteiger partial charge < -0.3 is 15.4 Å². The van der Waals surface area contributed by atoms with Crippen LogP contribution in [0.5, 0.6) is 5.75 Å². The molecule has 4 nitrogen and oxygen atoms in total. The Hall–Kier alpha value is -1.55. The Labute approximate surface area is 120 Å². The van der Waals surface area contributed by atoms with E-state index in [2.05, 4.69) is 24.5 Å². The fraction of sp³-hybridized carbons (Fsp3) is 0.562. The summed E-state index contributed by atoms with van der Waals surface area (Å²) in [6, 6.07) is 7.37. The molecule has 0 aromatic heterocycles. The standard InChI is InChI=1S/C16H24N2O2/c1-3-4-11-20-14-7-5-13(6-8-14)15(19)18-16(2)9-10-17-12-16/h5-8,17H,3-4,9-12H2,1-2H3,(H,18,19). The van der Waals surface area contributed by atoms with Gasteiger partial charge in [-0.25, -0.2) is 0 Å². The second-order valence-corrected chi connectivity index (χ2v) is 5.67. The van der Waals surface area contributed by atoms with E-state index in [-0.39, 0.29) is 11.4 Å². The molecule has 1 aliphatic heterocycles. The molecule has 0 aliphatic carbocycles. The van der Waals surface area contributed by atoms with Crippen LogP contribution in [-0.4, -0.2) is 31.1 Å². The first kappa shape index (κ1) is 14.9. The molecule has 0 radical (unpaired) electrons. The summed E-state index contributed by atoms with van der Waals surface area (Å²) in [5.41, 5.74) is 0.550. The molecule has 1 fully saturated rings. The van der Waals surface area contributed by atoms with Crippen LogP contribution in [0.4, 0.5) is 0 Å². The van der Waals surface area contributed by atoms with Crippen molar-refractivity contribution in [2.45, 2.75) is 38.6 Å². The Morgan fingerprint density at radius 3 is 2.75 bits per heavy atom. The molecule has 4 heteroatoms. The van der Waals surface area contributed by atoms with E-state index in [0.717, 1.165) is 44.7 Å². The third kappa shape index (κ3) is 3.97. The quantitative estimate of drug-likeness (QED) is 0.784. The number of benzene rings is 1. The molecule has 0 bridgehead atoms. The normalized spacial score (nSPS) is 21.7. The lowest BCUT2D eigenvalue weighted by Crippen LogP contribution is -2.47. The van der Waals surface area contributed by atoms with Crippen LogP contribution in [0.3, 0.4) is 0 Å². The van der Waals surface area contributed by atoms with Gasteiger partial charge in [-0.1, -0.05) is 13.3 Å². The molecule has 1 aliphatic rings. The number of hydrogen-bond acceptors (Lipinski definition) is 3. The smallest absolute Gasteiger partial charge is 0.251 e. The number of unbranched alkanes of at least 4 members (excludes halogenated alkanes) is 1.